The van der Waals surface area contributed by atoms with E-state index >= 15 is 0 Å². The maximum Gasteiger partial charge on any atom is 0.321 e. The summed E-state index contributed by atoms with van der Waals surface area (Å²) < 4.78 is 0. The molecule has 8 heteroatoms. The van der Waals surface area contributed by atoms with Gasteiger partial charge in [-0.2, -0.15) is 0 Å². The van der Waals surface area contributed by atoms with Gasteiger partial charge in [0.05, 0.1) is 21.1 Å². The molecule has 1 heterocycles. The lowest BCUT2D eigenvalue weighted by Crippen LogP contribution is -2.40. The smallest absolute Gasteiger partial charge is 0.321 e. The maximum absolute atomic E-state index is 12.5. The van der Waals surface area contributed by atoms with E-state index in [2.05, 4.69) is 26.6 Å². The van der Waals surface area contributed by atoms with Crippen LogP contribution in [0.1, 0.15) is 24.3 Å². The predicted octanol–water partition coefficient (Wildman–Crippen LogP) is 5.74. The molecule has 0 saturated carbocycles. The average molecular weight is 485 g/mol. The second-order valence-corrected chi connectivity index (χ2v) is 7.97. The van der Waals surface area contributed by atoms with Crippen molar-refractivity contribution in [3.8, 4) is 0 Å². The Kier molecular flexibility index (Phi) is 7.21. The van der Waals surface area contributed by atoms with Crippen LogP contribution in [0.15, 0.2) is 42.5 Å². The van der Waals surface area contributed by atoms with E-state index < -0.39 is 0 Å². The molecule has 2 N–H and O–H groups in total. The summed E-state index contributed by atoms with van der Waals surface area (Å²) in [5, 5.41) is 6.73. The van der Waals surface area contributed by atoms with Crippen LogP contribution in [-0.4, -0.2) is 35.3 Å². The minimum absolute atomic E-state index is 0.0781. The van der Waals surface area contributed by atoms with Gasteiger partial charge in [-0.05, 0) is 48.6 Å². The lowest BCUT2D eigenvalue weighted by molar-refractivity contribution is -0.113. The number of rotatable bonds is 4. The van der Waals surface area contributed by atoms with E-state index in [-0.39, 0.29) is 17.3 Å². The zero-order valence-electron chi connectivity index (χ0n) is 15.1. The number of anilines is 2. The summed E-state index contributed by atoms with van der Waals surface area (Å²) in [6.07, 6.45) is 1.74. The SMILES string of the molecule is O=C(CBr)Nc1ccc(C2CCN(C(=O)Nc3c(Cl)cccc3Cl)CC2)cc1. The van der Waals surface area contributed by atoms with Crippen molar-refractivity contribution in [1.29, 1.82) is 0 Å². The molecule has 2 aromatic carbocycles. The first kappa shape index (κ1) is 21.0. The number of hydrogen-bond donors (Lipinski definition) is 2. The van der Waals surface area contributed by atoms with Crippen LogP contribution < -0.4 is 10.6 Å². The second-order valence-electron chi connectivity index (χ2n) is 6.59. The third kappa shape index (κ3) is 5.19. The first-order chi connectivity index (χ1) is 13.5. The highest BCUT2D eigenvalue weighted by Crippen LogP contribution is 2.32. The number of alkyl halides is 1. The van der Waals surface area contributed by atoms with Crippen LogP contribution in [0, 0.1) is 0 Å². The Morgan fingerprint density at radius 3 is 2.18 bits per heavy atom. The number of amides is 3. The van der Waals surface area contributed by atoms with E-state index in [1.807, 2.05) is 24.3 Å². The molecule has 0 unspecified atom stereocenters. The first-order valence-corrected chi connectivity index (χ1v) is 10.8. The van der Waals surface area contributed by atoms with Gasteiger partial charge in [0.1, 0.15) is 0 Å². The van der Waals surface area contributed by atoms with Crippen LogP contribution >= 0.6 is 39.1 Å². The minimum atomic E-state index is -0.193. The van der Waals surface area contributed by atoms with Crippen molar-refractivity contribution in [3.05, 3.63) is 58.1 Å². The Hall–Kier alpha value is -1.76. The molecule has 0 aromatic heterocycles. The number of carbonyl (C=O) groups excluding carboxylic acids is 2. The number of halogens is 3. The highest BCUT2D eigenvalue weighted by molar-refractivity contribution is 9.09. The van der Waals surface area contributed by atoms with Gasteiger partial charge in [-0.15, -0.1) is 0 Å². The Morgan fingerprint density at radius 1 is 1.00 bits per heavy atom. The molecule has 3 amide bonds. The summed E-state index contributed by atoms with van der Waals surface area (Å²) in [4.78, 5) is 25.7. The van der Waals surface area contributed by atoms with Crippen molar-refractivity contribution in [2.45, 2.75) is 18.8 Å². The molecule has 148 valence electrons. The summed E-state index contributed by atoms with van der Waals surface area (Å²) >= 11 is 15.4. The third-order valence-electron chi connectivity index (χ3n) is 4.76. The van der Waals surface area contributed by atoms with Crippen LogP contribution in [0.25, 0.3) is 0 Å². The van der Waals surface area contributed by atoms with Crippen molar-refractivity contribution in [1.82, 2.24) is 4.90 Å². The average Bonchev–Trinajstić information content (AvgIpc) is 2.71. The number of para-hydroxylation sites is 1. The molecule has 0 atom stereocenters. The maximum atomic E-state index is 12.5. The van der Waals surface area contributed by atoms with Gasteiger partial charge in [-0.3, -0.25) is 4.79 Å². The minimum Gasteiger partial charge on any atom is -0.325 e. The van der Waals surface area contributed by atoms with Crippen LogP contribution in [0.2, 0.25) is 10.0 Å². The van der Waals surface area contributed by atoms with Crippen molar-refractivity contribution in [2.75, 3.05) is 29.1 Å². The van der Waals surface area contributed by atoms with E-state index in [1.165, 1.54) is 5.56 Å². The number of likely N-dealkylation sites (tertiary alicyclic amines) is 1. The monoisotopic (exact) mass is 483 g/mol. The molecule has 1 aliphatic heterocycles. The van der Waals surface area contributed by atoms with Crippen LogP contribution in [0.5, 0.6) is 0 Å². The second kappa shape index (κ2) is 9.63. The zero-order valence-corrected chi connectivity index (χ0v) is 18.1. The molecule has 0 spiro atoms. The number of carbonyl (C=O) groups is 2. The van der Waals surface area contributed by atoms with Crippen LogP contribution in [-0.2, 0) is 4.79 Å². The Bertz CT molecular complexity index is 833. The highest BCUT2D eigenvalue weighted by Gasteiger charge is 2.24. The largest absolute Gasteiger partial charge is 0.325 e. The number of nitrogens with one attached hydrogen (secondary N) is 2. The molecular formula is C20H20BrCl2N3O2. The molecule has 0 radical (unpaired) electrons. The van der Waals surface area contributed by atoms with Gasteiger partial charge in [0.25, 0.3) is 0 Å². The Labute approximate surface area is 182 Å². The molecular weight excluding hydrogens is 465 g/mol. The normalized spacial score (nSPS) is 14.6. The van der Waals surface area contributed by atoms with E-state index in [0.717, 1.165) is 18.5 Å². The number of benzene rings is 2. The fourth-order valence-electron chi connectivity index (χ4n) is 3.25. The van der Waals surface area contributed by atoms with Crippen molar-refractivity contribution in [2.24, 2.45) is 0 Å². The summed E-state index contributed by atoms with van der Waals surface area (Å²) in [6, 6.07) is 12.8. The summed E-state index contributed by atoms with van der Waals surface area (Å²) in [6.45, 7) is 1.31. The van der Waals surface area contributed by atoms with Gasteiger partial charge >= 0.3 is 6.03 Å². The third-order valence-corrected chi connectivity index (χ3v) is 5.90. The molecule has 1 saturated heterocycles. The molecule has 2 aromatic rings. The van der Waals surface area contributed by atoms with Gasteiger partial charge in [0.15, 0.2) is 0 Å². The fraction of sp³-hybridized carbons (Fsp3) is 0.300. The molecule has 28 heavy (non-hydrogen) atoms. The zero-order chi connectivity index (χ0) is 20.1. The molecule has 1 fully saturated rings. The Morgan fingerprint density at radius 2 is 1.61 bits per heavy atom. The van der Waals surface area contributed by atoms with Crippen LogP contribution in [0.3, 0.4) is 0 Å². The van der Waals surface area contributed by atoms with Gasteiger partial charge in [0.2, 0.25) is 5.91 Å². The van der Waals surface area contributed by atoms with Gasteiger partial charge in [-0.1, -0.05) is 57.3 Å². The lowest BCUT2D eigenvalue weighted by atomic mass is 9.89. The van der Waals surface area contributed by atoms with E-state index in [0.29, 0.717) is 34.7 Å². The van der Waals surface area contributed by atoms with Crippen molar-refractivity contribution in [3.63, 3.8) is 0 Å². The highest BCUT2D eigenvalue weighted by atomic mass is 79.9. The van der Waals surface area contributed by atoms with Crippen molar-refractivity contribution >= 4 is 62.4 Å². The van der Waals surface area contributed by atoms with Gasteiger partial charge in [-0.25, -0.2) is 4.79 Å². The number of nitrogens with zero attached hydrogens (tertiary/aromatic N) is 1. The number of piperidine rings is 1. The molecule has 3 rings (SSSR count). The summed E-state index contributed by atoms with van der Waals surface area (Å²) in [5.74, 6) is 0.305. The standard InChI is InChI=1S/C20H20BrCl2N3O2/c21-12-18(27)24-15-6-4-13(5-7-15)14-8-10-26(11-9-14)20(28)25-19-16(22)2-1-3-17(19)23/h1-7,14H,8-12H2,(H,24,27)(H,25,28). The fourth-order valence-corrected chi connectivity index (χ4v) is 3.88. The first-order valence-electron chi connectivity index (χ1n) is 8.93. The van der Waals surface area contributed by atoms with Crippen molar-refractivity contribution < 1.29 is 9.59 Å². The van der Waals surface area contributed by atoms with E-state index in [1.54, 1.807) is 23.1 Å². The number of hydrogen-bond acceptors (Lipinski definition) is 2. The van der Waals surface area contributed by atoms with Gasteiger partial charge in [0, 0.05) is 18.8 Å². The quantitative estimate of drug-likeness (QED) is 0.543. The van der Waals surface area contributed by atoms with Crippen LogP contribution in [0.4, 0.5) is 16.2 Å². The van der Waals surface area contributed by atoms with E-state index in [9.17, 15) is 9.59 Å². The predicted molar refractivity (Wildman–Crippen MR) is 118 cm³/mol. The molecule has 1 aliphatic rings. The Balaban J connectivity index is 1.55. The van der Waals surface area contributed by atoms with Gasteiger partial charge < -0.3 is 15.5 Å². The summed E-state index contributed by atoms with van der Waals surface area (Å²) in [5.41, 5.74) is 2.44. The topological polar surface area (TPSA) is 61.4 Å². The number of urea groups is 1. The molecule has 0 aliphatic carbocycles. The molecule has 0 bridgehead atoms. The summed E-state index contributed by atoms with van der Waals surface area (Å²) in [7, 11) is 0. The molecule has 5 nitrogen and oxygen atoms in total. The lowest BCUT2D eigenvalue weighted by Gasteiger charge is -2.32. The van der Waals surface area contributed by atoms with E-state index in [4.69, 9.17) is 23.2 Å².